The first-order valence-corrected chi connectivity index (χ1v) is 10.6. The molecule has 8 nitrogen and oxygen atoms in total. The van der Waals surface area contributed by atoms with Gasteiger partial charge in [0.05, 0.1) is 40.0 Å². The standard InChI is InChI=1S/C24H26O8/c1-5-29-22-14-9-17-16(31-11-32-17)8-13(14)20(21-15(22)10-30-24(21)25)12-6-18(26-2)23(28-4)19(7-12)27-3/h6-9,15,20-22H,5,10-11H2,1-4H3/t15-,20+,21+,22+/m0/s1. The maximum atomic E-state index is 13.0. The van der Waals surface area contributed by atoms with Crippen molar-refractivity contribution in [3.63, 3.8) is 0 Å². The average Bonchev–Trinajstić information content (AvgIpc) is 3.43. The van der Waals surface area contributed by atoms with Crippen molar-refractivity contribution in [1.29, 1.82) is 0 Å². The van der Waals surface area contributed by atoms with Gasteiger partial charge in [-0.25, -0.2) is 0 Å². The van der Waals surface area contributed by atoms with Crippen molar-refractivity contribution in [3.8, 4) is 28.7 Å². The molecule has 1 aliphatic carbocycles. The fourth-order valence-electron chi connectivity index (χ4n) is 5.19. The molecule has 0 N–H and O–H groups in total. The summed E-state index contributed by atoms with van der Waals surface area (Å²) < 4.78 is 39.6. The quantitative estimate of drug-likeness (QED) is 0.630. The number of fused-ring (bicyclic) bond motifs is 3. The van der Waals surface area contributed by atoms with Crippen LogP contribution in [0.15, 0.2) is 24.3 Å². The molecular formula is C24H26O8. The van der Waals surface area contributed by atoms with E-state index in [0.29, 0.717) is 42.0 Å². The first-order chi connectivity index (χ1) is 15.6. The van der Waals surface area contributed by atoms with Gasteiger partial charge in [-0.3, -0.25) is 4.79 Å². The van der Waals surface area contributed by atoms with Gasteiger partial charge in [-0.05, 0) is 47.9 Å². The summed E-state index contributed by atoms with van der Waals surface area (Å²) in [7, 11) is 4.71. The molecule has 170 valence electrons. The molecule has 0 spiro atoms. The Bertz CT molecular complexity index is 1020. The number of carbonyl (C=O) groups excluding carboxylic acids is 1. The van der Waals surface area contributed by atoms with Crippen molar-refractivity contribution in [2.45, 2.75) is 18.9 Å². The normalized spacial score (nSPS) is 25.1. The number of benzene rings is 2. The summed E-state index contributed by atoms with van der Waals surface area (Å²) in [5.41, 5.74) is 2.79. The molecule has 0 radical (unpaired) electrons. The summed E-state index contributed by atoms with van der Waals surface area (Å²) in [6, 6.07) is 7.72. The second kappa shape index (κ2) is 8.09. The Morgan fingerprint density at radius 2 is 1.56 bits per heavy atom. The van der Waals surface area contributed by atoms with Crippen LogP contribution >= 0.6 is 0 Å². The van der Waals surface area contributed by atoms with E-state index in [1.165, 1.54) is 0 Å². The molecule has 4 atom stereocenters. The Morgan fingerprint density at radius 3 is 2.16 bits per heavy atom. The fourth-order valence-corrected chi connectivity index (χ4v) is 5.19. The first-order valence-electron chi connectivity index (χ1n) is 10.6. The summed E-state index contributed by atoms with van der Waals surface area (Å²) in [6.07, 6.45) is -0.278. The van der Waals surface area contributed by atoms with Crippen LogP contribution in [0.25, 0.3) is 0 Å². The van der Waals surface area contributed by atoms with Crippen molar-refractivity contribution < 1.29 is 38.0 Å². The van der Waals surface area contributed by atoms with E-state index in [-0.39, 0.29) is 30.7 Å². The first kappa shape index (κ1) is 20.8. The molecule has 0 aromatic heterocycles. The zero-order chi connectivity index (χ0) is 22.4. The van der Waals surface area contributed by atoms with E-state index in [1.807, 2.05) is 31.2 Å². The Balaban J connectivity index is 1.74. The number of rotatable bonds is 6. The van der Waals surface area contributed by atoms with Crippen LogP contribution in [0.2, 0.25) is 0 Å². The maximum absolute atomic E-state index is 13.0. The highest BCUT2D eigenvalue weighted by Gasteiger charge is 2.53. The van der Waals surface area contributed by atoms with Gasteiger partial charge in [-0.15, -0.1) is 0 Å². The number of methoxy groups -OCH3 is 3. The highest BCUT2D eigenvalue weighted by atomic mass is 16.7. The lowest BCUT2D eigenvalue weighted by atomic mass is 9.66. The molecule has 1 fully saturated rings. The third-order valence-electron chi connectivity index (χ3n) is 6.51. The largest absolute Gasteiger partial charge is 0.493 e. The van der Waals surface area contributed by atoms with Crippen LogP contribution in [-0.4, -0.2) is 47.3 Å². The minimum absolute atomic E-state index is 0.126. The molecular weight excluding hydrogens is 416 g/mol. The van der Waals surface area contributed by atoms with Gasteiger partial charge in [0.25, 0.3) is 0 Å². The molecule has 2 aliphatic heterocycles. The van der Waals surface area contributed by atoms with Crippen LogP contribution < -0.4 is 23.7 Å². The van der Waals surface area contributed by atoms with Gasteiger partial charge >= 0.3 is 5.97 Å². The van der Waals surface area contributed by atoms with Crippen molar-refractivity contribution in [2.24, 2.45) is 11.8 Å². The molecule has 1 saturated heterocycles. The van der Waals surface area contributed by atoms with Crippen LogP contribution in [0.4, 0.5) is 0 Å². The van der Waals surface area contributed by atoms with Crippen LogP contribution in [0, 0.1) is 11.8 Å². The number of hydrogen-bond acceptors (Lipinski definition) is 8. The summed E-state index contributed by atoms with van der Waals surface area (Å²) in [5.74, 6) is 1.81. The minimum Gasteiger partial charge on any atom is -0.493 e. The Morgan fingerprint density at radius 1 is 0.906 bits per heavy atom. The van der Waals surface area contributed by atoms with E-state index in [4.69, 9.17) is 33.2 Å². The zero-order valence-corrected chi connectivity index (χ0v) is 18.5. The highest BCUT2D eigenvalue weighted by Crippen LogP contribution is 2.56. The lowest BCUT2D eigenvalue weighted by molar-refractivity contribution is -0.141. The molecule has 2 aromatic carbocycles. The van der Waals surface area contributed by atoms with Gasteiger partial charge in [0.2, 0.25) is 12.5 Å². The molecule has 0 amide bonds. The molecule has 2 aromatic rings. The topological polar surface area (TPSA) is 81.7 Å². The number of ether oxygens (including phenoxy) is 7. The molecule has 0 saturated carbocycles. The van der Waals surface area contributed by atoms with Gasteiger partial charge in [-0.2, -0.15) is 0 Å². The number of esters is 1. The van der Waals surface area contributed by atoms with Gasteiger partial charge in [0.1, 0.15) is 0 Å². The Kier molecular flexibility index (Phi) is 5.25. The van der Waals surface area contributed by atoms with E-state index in [0.717, 1.165) is 16.7 Å². The smallest absolute Gasteiger partial charge is 0.310 e. The monoisotopic (exact) mass is 442 g/mol. The predicted octanol–water partition coefficient (Wildman–Crippen LogP) is 3.45. The van der Waals surface area contributed by atoms with Crippen LogP contribution in [0.1, 0.15) is 35.6 Å². The number of carbonyl (C=O) groups is 1. The predicted molar refractivity (Wildman–Crippen MR) is 113 cm³/mol. The maximum Gasteiger partial charge on any atom is 0.310 e. The number of cyclic esters (lactones) is 1. The van der Waals surface area contributed by atoms with Crippen LogP contribution in [0.5, 0.6) is 28.7 Å². The van der Waals surface area contributed by atoms with E-state index >= 15 is 0 Å². The molecule has 0 unspecified atom stereocenters. The van der Waals surface area contributed by atoms with Crippen molar-refractivity contribution in [1.82, 2.24) is 0 Å². The highest BCUT2D eigenvalue weighted by molar-refractivity contribution is 5.79. The number of hydrogen-bond donors (Lipinski definition) is 0. The fraction of sp³-hybridized carbons (Fsp3) is 0.458. The van der Waals surface area contributed by atoms with Gasteiger partial charge < -0.3 is 33.2 Å². The lowest BCUT2D eigenvalue weighted by Crippen LogP contribution is -2.35. The van der Waals surface area contributed by atoms with Crippen molar-refractivity contribution in [2.75, 3.05) is 41.3 Å². The summed E-state index contributed by atoms with van der Waals surface area (Å²) in [4.78, 5) is 13.0. The van der Waals surface area contributed by atoms with Crippen molar-refractivity contribution in [3.05, 3.63) is 41.0 Å². The van der Waals surface area contributed by atoms with Crippen LogP contribution in [0.3, 0.4) is 0 Å². The molecule has 0 bridgehead atoms. The Hall–Kier alpha value is -3.13. The summed E-state index contributed by atoms with van der Waals surface area (Å²) in [6.45, 7) is 2.94. The third-order valence-corrected chi connectivity index (χ3v) is 6.51. The lowest BCUT2D eigenvalue weighted by Gasteiger charge is -2.39. The molecule has 8 heteroatoms. The molecule has 5 rings (SSSR count). The Labute approximate surface area is 186 Å². The van der Waals surface area contributed by atoms with E-state index in [9.17, 15) is 4.79 Å². The van der Waals surface area contributed by atoms with E-state index in [1.54, 1.807) is 21.3 Å². The second-order valence-corrected chi connectivity index (χ2v) is 7.97. The summed E-state index contributed by atoms with van der Waals surface area (Å²) in [5, 5.41) is 0. The minimum atomic E-state index is -0.415. The molecule has 32 heavy (non-hydrogen) atoms. The van der Waals surface area contributed by atoms with E-state index < -0.39 is 5.92 Å². The second-order valence-electron chi connectivity index (χ2n) is 7.97. The molecule has 3 aliphatic rings. The zero-order valence-electron chi connectivity index (χ0n) is 18.5. The SMILES string of the molecule is CCO[C@@H]1c2cc3c(cc2[C@@H](c2cc(OC)c(OC)c(OC)c2)[C@@H]2C(=O)OC[C@@H]21)OCO3. The summed E-state index contributed by atoms with van der Waals surface area (Å²) >= 11 is 0. The van der Waals surface area contributed by atoms with Crippen LogP contribution in [-0.2, 0) is 14.3 Å². The van der Waals surface area contributed by atoms with Crippen molar-refractivity contribution >= 4 is 5.97 Å². The van der Waals surface area contributed by atoms with E-state index in [2.05, 4.69) is 0 Å². The van der Waals surface area contributed by atoms with Gasteiger partial charge in [-0.1, -0.05) is 0 Å². The van der Waals surface area contributed by atoms with Gasteiger partial charge in [0, 0.05) is 18.4 Å². The average molecular weight is 442 g/mol. The van der Waals surface area contributed by atoms with Gasteiger partial charge in [0.15, 0.2) is 23.0 Å². The molecule has 2 heterocycles. The third kappa shape index (κ3) is 3.04.